The molecule has 2 aromatic carbocycles. The fraction of sp³-hybridized carbons (Fsp3) is 0.176. The van der Waals surface area contributed by atoms with Crippen LogP contribution in [0, 0.1) is 0 Å². The first-order valence-electron chi connectivity index (χ1n) is 6.76. The minimum absolute atomic E-state index is 0.0703. The highest BCUT2D eigenvalue weighted by Gasteiger charge is 2.25. The quantitative estimate of drug-likeness (QED) is 0.859. The maximum Gasteiger partial charge on any atom is 0.337 e. The second-order valence-corrected chi connectivity index (χ2v) is 4.98. The molecular weight excluding hydrogens is 266 g/mol. The number of ketones is 1. The molecule has 0 amide bonds. The van der Waals surface area contributed by atoms with Gasteiger partial charge in [-0.05, 0) is 29.8 Å². The second kappa shape index (κ2) is 5.40. The molecule has 0 saturated carbocycles. The molecule has 21 heavy (non-hydrogen) atoms. The van der Waals surface area contributed by atoms with Crippen LogP contribution in [-0.4, -0.2) is 18.9 Å². The number of Topliss-reactive ketones (excluding diaryl/α,β-unsaturated/α-hetero) is 1. The Hall–Kier alpha value is -2.62. The largest absolute Gasteiger partial charge is 0.465 e. The Morgan fingerprint density at radius 2 is 1.86 bits per heavy atom. The maximum atomic E-state index is 12.2. The zero-order valence-corrected chi connectivity index (χ0v) is 11.6. The first-order chi connectivity index (χ1) is 10.2. The molecule has 0 saturated heterocycles. The topological polar surface area (TPSA) is 55.4 Å². The number of hydrogen-bond acceptors (Lipinski definition) is 4. The van der Waals surface area contributed by atoms with Gasteiger partial charge in [-0.1, -0.05) is 24.3 Å². The SMILES string of the molecule is COC(=O)c1ccc(C2CC(=O)c3ccccc3N2)cc1. The van der Waals surface area contributed by atoms with E-state index < -0.39 is 0 Å². The molecule has 4 nitrogen and oxygen atoms in total. The molecule has 1 N–H and O–H groups in total. The number of carbonyl (C=O) groups is 2. The van der Waals surface area contributed by atoms with Gasteiger partial charge in [-0.2, -0.15) is 0 Å². The number of benzene rings is 2. The molecule has 4 heteroatoms. The van der Waals surface area contributed by atoms with E-state index in [0.717, 1.165) is 16.8 Å². The van der Waals surface area contributed by atoms with E-state index in [0.29, 0.717) is 12.0 Å². The number of nitrogens with one attached hydrogen (secondary N) is 1. The zero-order valence-electron chi connectivity index (χ0n) is 11.6. The van der Waals surface area contributed by atoms with Crippen LogP contribution in [0.2, 0.25) is 0 Å². The second-order valence-electron chi connectivity index (χ2n) is 4.98. The summed E-state index contributed by atoms with van der Waals surface area (Å²) >= 11 is 0. The predicted molar refractivity (Wildman–Crippen MR) is 79.5 cm³/mol. The van der Waals surface area contributed by atoms with Gasteiger partial charge in [0.15, 0.2) is 5.78 Å². The number of carbonyl (C=O) groups excluding carboxylic acids is 2. The summed E-state index contributed by atoms with van der Waals surface area (Å²) in [5.41, 5.74) is 3.07. The molecule has 0 aromatic heterocycles. The first kappa shape index (κ1) is 13.4. The van der Waals surface area contributed by atoms with Crippen LogP contribution >= 0.6 is 0 Å². The smallest absolute Gasteiger partial charge is 0.337 e. The minimum atomic E-state index is -0.362. The van der Waals surface area contributed by atoms with Gasteiger partial charge in [0, 0.05) is 17.7 Å². The van der Waals surface area contributed by atoms with E-state index in [1.165, 1.54) is 7.11 Å². The van der Waals surface area contributed by atoms with Gasteiger partial charge in [-0.25, -0.2) is 4.79 Å². The third-order valence-electron chi connectivity index (χ3n) is 3.68. The number of fused-ring (bicyclic) bond motifs is 1. The van der Waals surface area contributed by atoms with Gasteiger partial charge in [-0.3, -0.25) is 4.79 Å². The van der Waals surface area contributed by atoms with E-state index >= 15 is 0 Å². The van der Waals surface area contributed by atoms with Crippen molar-refractivity contribution in [3.8, 4) is 0 Å². The Bertz CT molecular complexity index is 691. The Balaban J connectivity index is 1.86. The number of esters is 1. The van der Waals surface area contributed by atoms with E-state index in [-0.39, 0.29) is 17.8 Å². The number of anilines is 1. The van der Waals surface area contributed by atoms with Gasteiger partial charge >= 0.3 is 5.97 Å². The van der Waals surface area contributed by atoms with E-state index in [9.17, 15) is 9.59 Å². The van der Waals surface area contributed by atoms with Crippen LogP contribution < -0.4 is 5.32 Å². The Morgan fingerprint density at radius 3 is 2.57 bits per heavy atom. The van der Waals surface area contributed by atoms with Crippen molar-refractivity contribution >= 4 is 17.4 Å². The van der Waals surface area contributed by atoms with E-state index in [4.69, 9.17) is 0 Å². The molecule has 0 radical (unpaired) electrons. The fourth-order valence-electron chi connectivity index (χ4n) is 2.56. The summed E-state index contributed by atoms with van der Waals surface area (Å²) in [6.07, 6.45) is 0.411. The van der Waals surface area contributed by atoms with Crippen molar-refractivity contribution < 1.29 is 14.3 Å². The van der Waals surface area contributed by atoms with Crippen LogP contribution in [0.5, 0.6) is 0 Å². The molecule has 0 bridgehead atoms. The molecule has 0 aliphatic carbocycles. The summed E-state index contributed by atoms with van der Waals surface area (Å²) in [5.74, 6) is -0.231. The van der Waals surface area contributed by atoms with Crippen LogP contribution in [0.15, 0.2) is 48.5 Å². The van der Waals surface area contributed by atoms with Gasteiger partial charge in [-0.15, -0.1) is 0 Å². The summed E-state index contributed by atoms with van der Waals surface area (Å²) in [6, 6.07) is 14.6. The number of para-hydroxylation sites is 1. The Morgan fingerprint density at radius 1 is 1.14 bits per heavy atom. The lowest BCUT2D eigenvalue weighted by Crippen LogP contribution is -2.22. The molecule has 0 spiro atoms. The Kier molecular flexibility index (Phi) is 3.44. The molecule has 2 aromatic rings. The molecule has 1 aliphatic heterocycles. The summed E-state index contributed by atoms with van der Waals surface area (Å²) in [4.78, 5) is 23.6. The number of ether oxygens (including phenoxy) is 1. The maximum absolute atomic E-state index is 12.2. The van der Waals surface area contributed by atoms with Crippen LogP contribution in [0.1, 0.15) is 38.7 Å². The van der Waals surface area contributed by atoms with E-state index in [1.54, 1.807) is 12.1 Å². The summed E-state index contributed by atoms with van der Waals surface area (Å²) in [5, 5.41) is 3.37. The lowest BCUT2D eigenvalue weighted by molar-refractivity contribution is 0.0600. The zero-order chi connectivity index (χ0) is 14.8. The molecule has 3 rings (SSSR count). The van der Waals surface area contributed by atoms with Gasteiger partial charge < -0.3 is 10.1 Å². The van der Waals surface area contributed by atoms with Gasteiger partial charge in [0.2, 0.25) is 0 Å². The summed E-state index contributed by atoms with van der Waals surface area (Å²) in [6.45, 7) is 0. The van der Waals surface area contributed by atoms with Crippen LogP contribution in [0.3, 0.4) is 0 Å². The van der Waals surface area contributed by atoms with Crippen molar-refractivity contribution in [1.82, 2.24) is 0 Å². The lowest BCUT2D eigenvalue weighted by Gasteiger charge is -2.26. The fourth-order valence-corrected chi connectivity index (χ4v) is 2.56. The molecular formula is C17H15NO3. The third kappa shape index (κ3) is 2.52. The number of methoxy groups -OCH3 is 1. The van der Waals surface area contributed by atoms with Crippen molar-refractivity contribution in [1.29, 1.82) is 0 Å². The monoisotopic (exact) mass is 281 g/mol. The molecule has 1 heterocycles. The van der Waals surface area contributed by atoms with Crippen molar-refractivity contribution in [2.45, 2.75) is 12.5 Å². The van der Waals surface area contributed by atoms with E-state index in [2.05, 4.69) is 10.1 Å². The highest BCUT2D eigenvalue weighted by atomic mass is 16.5. The van der Waals surface area contributed by atoms with Crippen molar-refractivity contribution in [2.75, 3.05) is 12.4 Å². The molecule has 1 aliphatic rings. The first-order valence-corrected chi connectivity index (χ1v) is 6.76. The van der Waals surface area contributed by atoms with Crippen molar-refractivity contribution in [3.05, 3.63) is 65.2 Å². The molecule has 0 fully saturated rings. The van der Waals surface area contributed by atoms with Gasteiger partial charge in [0.25, 0.3) is 0 Å². The molecule has 106 valence electrons. The van der Waals surface area contributed by atoms with Gasteiger partial charge in [0.1, 0.15) is 0 Å². The van der Waals surface area contributed by atoms with Crippen LogP contribution in [0.4, 0.5) is 5.69 Å². The van der Waals surface area contributed by atoms with Crippen molar-refractivity contribution in [2.24, 2.45) is 0 Å². The summed E-state index contributed by atoms with van der Waals surface area (Å²) < 4.78 is 4.68. The normalized spacial score (nSPS) is 16.8. The average Bonchev–Trinajstić information content (AvgIpc) is 2.54. The molecule has 1 atom stereocenters. The minimum Gasteiger partial charge on any atom is -0.465 e. The molecule has 1 unspecified atom stereocenters. The van der Waals surface area contributed by atoms with Crippen molar-refractivity contribution in [3.63, 3.8) is 0 Å². The number of hydrogen-bond donors (Lipinski definition) is 1. The summed E-state index contributed by atoms with van der Waals surface area (Å²) in [7, 11) is 1.36. The average molecular weight is 281 g/mol. The predicted octanol–water partition coefficient (Wildman–Crippen LogP) is 3.21. The van der Waals surface area contributed by atoms with Crippen LogP contribution in [-0.2, 0) is 4.74 Å². The standard InChI is InChI=1S/C17H15NO3/c1-21-17(20)12-8-6-11(7-9-12)15-10-16(19)13-4-2-3-5-14(13)18-15/h2-9,15,18H,10H2,1H3. The lowest BCUT2D eigenvalue weighted by atomic mass is 9.92. The van der Waals surface area contributed by atoms with E-state index in [1.807, 2.05) is 36.4 Å². The third-order valence-corrected chi connectivity index (χ3v) is 3.68. The highest BCUT2D eigenvalue weighted by Crippen LogP contribution is 2.32. The highest BCUT2D eigenvalue weighted by molar-refractivity contribution is 6.03. The Labute approximate surface area is 122 Å². The van der Waals surface area contributed by atoms with Crippen LogP contribution in [0.25, 0.3) is 0 Å². The number of rotatable bonds is 2. The van der Waals surface area contributed by atoms with Gasteiger partial charge in [0.05, 0.1) is 18.7 Å².